The van der Waals surface area contributed by atoms with Crippen LogP contribution in [0.15, 0.2) is 18.3 Å². The molecule has 0 radical (unpaired) electrons. The lowest BCUT2D eigenvalue weighted by atomic mass is 10.2. The highest BCUT2D eigenvalue weighted by Crippen LogP contribution is 2.14. The van der Waals surface area contributed by atoms with E-state index in [-0.39, 0.29) is 11.7 Å². The molecule has 2 heterocycles. The van der Waals surface area contributed by atoms with Crippen LogP contribution in [0.2, 0.25) is 0 Å². The van der Waals surface area contributed by atoms with Gasteiger partial charge in [0.1, 0.15) is 5.69 Å². The number of rotatable bonds is 4. The van der Waals surface area contributed by atoms with E-state index in [1.165, 1.54) is 13.1 Å². The van der Waals surface area contributed by atoms with Crippen molar-refractivity contribution in [3.63, 3.8) is 0 Å². The first-order chi connectivity index (χ1) is 9.54. The van der Waals surface area contributed by atoms with Gasteiger partial charge in [0.2, 0.25) is 5.91 Å². The van der Waals surface area contributed by atoms with Crippen LogP contribution < -0.4 is 10.6 Å². The molecule has 0 spiro atoms. The molecule has 104 valence electrons. The highest BCUT2D eigenvalue weighted by molar-refractivity contribution is 5.88. The maximum atomic E-state index is 10.9. The first kappa shape index (κ1) is 13.5. The van der Waals surface area contributed by atoms with Crippen LogP contribution in [-0.2, 0) is 11.2 Å². The van der Waals surface area contributed by atoms with Crippen LogP contribution in [-0.4, -0.2) is 37.5 Å². The largest absolute Gasteiger partial charge is 0.465 e. The summed E-state index contributed by atoms with van der Waals surface area (Å²) in [6.07, 6.45) is 0.613. The predicted molar refractivity (Wildman–Crippen MR) is 69.4 cm³/mol. The molecule has 0 saturated carbocycles. The molecule has 0 aliphatic heterocycles. The second kappa shape index (κ2) is 5.78. The van der Waals surface area contributed by atoms with Crippen molar-refractivity contribution in [1.82, 2.24) is 20.4 Å². The van der Waals surface area contributed by atoms with Gasteiger partial charge in [0.15, 0.2) is 5.82 Å². The summed E-state index contributed by atoms with van der Waals surface area (Å²) in [7, 11) is 0. The molecular formula is C11H12N6O3. The van der Waals surface area contributed by atoms with Gasteiger partial charge in [-0.2, -0.15) is 10.3 Å². The SMILES string of the molecule is CC(=O)Nc1ccc(Cc2n[nH]nc2NC(=O)O)nc1. The Labute approximate surface area is 113 Å². The molecule has 0 unspecified atom stereocenters. The van der Waals surface area contributed by atoms with Crippen LogP contribution in [0.3, 0.4) is 0 Å². The van der Waals surface area contributed by atoms with E-state index in [4.69, 9.17) is 5.11 Å². The Balaban J connectivity index is 2.08. The molecule has 2 rings (SSSR count). The summed E-state index contributed by atoms with van der Waals surface area (Å²) < 4.78 is 0. The van der Waals surface area contributed by atoms with E-state index in [9.17, 15) is 9.59 Å². The van der Waals surface area contributed by atoms with E-state index < -0.39 is 6.09 Å². The minimum atomic E-state index is -1.21. The highest BCUT2D eigenvalue weighted by atomic mass is 16.4. The normalized spacial score (nSPS) is 10.1. The Hall–Kier alpha value is -2.97. The summed E-state index contributed by atoms with van der Waals surface area (Å²) in [5.74, 6) is -0.0331. The lowest BCUT2D eigenvalue weighted by Gasteiger charge is -2.03. The van der Waals surface area contributed by atoms with Crippen LogP contribution in [0.5, 0.6) is 0 Å². The quantitative estimate of drug-likeness (QED) is 0.654. The molecule has 2 amide bonds. The maximum absolute atomic E-state index is 10.9. The Bertz CT molecular complexity index is 621. The molecule has 0 atom stereocenters. The fourth-order valence-electron chi connectivity index (χ4n) is 1.56. The fraction of sp³-hybridized carbons (Fsp3) is 0.182. The summed E-state index contributed by atoms with van der Waals surface area (Å²) in [5.41, 5.74) is 1.69. The topological polar surface area (TPSA) is 133 Å². The number of nitrogens with zero attached hydrogens (tertiary/aromatic N) is 3. The Morgan fingerprint density at radius 2 is 2.10 bits per heavy atom. The molecule has 20 heavy (non-hydrogen) atoms. The zero-order valence-corrected chi connectivity index (χ0v) is 10.5. The average molecular weight is 276 g/mol. The second-order valence-electron chi connectivity index (χ2n) is 3.95. The number of hydrogen-bond acceptors (Lipinski definition) is 5. The van der Waals surface area contributed by atoms with Gasteiger partial charge in [-0.25, -0.2) is 4.79 Å². The van der Waals surface area contributed by atoms with Gasteiger partial charge in [-0.3, -0.25) is 15.1 Å². The number of H-pyrrole nitrogens is 1. The molecule has 0 bridgehead atoms. The first-order valence-corrected chi connectivity index (χ1v) is 5.66. The van der Waals surface area contributed by atoms with Gasteiger partial charge >= 0.3 is 6.09 Å². The highest BCUT2D eigenvalue weighted by Gasteiger charge is 2.11. The van der Waals surface area contributed by atoms with Crippen LogP contribution in [0.1, 0.15) is 18.3 Å². The second-order valence-corrected chi connectivity index (χ2v) is 3.95. The molecule has 4 N–H and O–H groups in total. The number of aromatic amines is 1. The number of carboxylic acid groups (broad SMARTS) is 1. The van der Waals surface area contributed by atoms with Gasteiger partial charge in [-0.05, 0) is 12.1 Å². The summed E-state index contributed by atoms with van der Waals surface area (Å²) in [4.78, 5) is 25.6. The van der Waals surface area contributed by atoms with Gasteiger partial charge in [0.05, 0.1) is 11.9 Å². The van der Waals surface area contributed by atoms with Crippen molar-refractivity contribution in [3.8, 4) is 0 Å². The molecular weight excluding hydrogens is 264 g/mol. The smallest absolute Gasteiger partial charge is 0.410 e. The van der Waals surface area contributed by atoms with Crippen molar-refractivity contribution < 1.29 is 14.7 Å². The fourth-order valence-corrected chi connectivity index (χ4v) is 1.56. The molecule has 2 aromatic heterocycles. The minimum Gasteiger partial charge on any atom is -0.465 e. The maximum Gasteiger partial charge on any atom is 0.410 e. The van der Waals surface area contributed by atoms with Crippen molar-refractivity contribution in [2.75, 3.05) is 10.6 Å². The van der Waals surface area contributed by atoms with Gasteiger partial charge in [-0.1, -0.05) is 0 Å². The Morgan fingerprint density at radius 1 is 1.30 bits per heavy atom. The lowest BCUT2D eigenvalue weighted by molar-refractivity contribution is -0.114. The number of carbonyl (C=O) groups excluding carboxylic acids is 1. The van der Waals surface area contributed by atoms with E-state index in [0.29, 0.717) is 23.5 Å². The van der Waals surface area contributed by atoms with Crippen molar-refractivity contribution in [3.05, 3.63) is 29.7 Å². The average Bonchev–Trinajstić information content (AvgIpc) is 2.78. The number of nitrogens with one attached hydrogen (secondary N) is 3. The third-order valence-corrected chi connectivity index (χ3v) is 2.34. The van der Waals surface area contributed by atoms with Gasteiger partial charge in [0.25, 0.3) is 0 Å². The molecule has 0 saturated heterocycles. The van der Waals surface area contributed by atoms with Crippen LogP contribution in [0, 0.1) is 0 Å². The van der Waals surface area contributed by atoms with Crippen molar-refractivity contribution in [2.45, 2.75) is 13.3 Å². The summed E-state index contributed by atoms with van der Waals surface area (Å²) >= 11 is 0. The molecule has 2 aromatic rings. The molecule has 9 heteroatoms. The molecule has 0 aliphatic carbocycles. The van der Waals surface area contributed by atoms with Gasteiger partial charge < -0.3 is 10.4 Å². The molecule has 9 nitrogen and oxygen atoms in total. The van der Waals surface area contributed by atoms with Crippen molar-refractivity contribution in [2.24, 2.45) is 0 Å². The van der Waals surface area contributed by atoms with E-state index in [0.717, 1.165) is 0 Å². The minimum absolute atomic E-state index is 0.144. The zero-order chi connectivity index (χ0) is 14.5. The van der Waals surface area contributed by atoms with E-state index in [1.807, 2.05) is 0 Å². The van der Waals surface area contributed by atoms with E-state index in [2.05, 4.69) is 31.0 Å². The monoisotopic (exact) mass is 276 g/mol. The third-order valence-electron chi connectivity index (χ3n) is 2.34. The van der Waals surface area contributed by atoms with Gasteiger partial charge in [-0.15, -0.1) is 5.10 Å². The van der Waals surface area contributed by atoms with Crippen molar-refractivity contribution in [1.29, 1.82) is 0 Å². The first-order valence-electron chi connectivity index (χ1n) is 5.66. The number of carbonyl (C=O) groups is 2. The number of anilines is 2. The lowest BCUT2D eigenvalue weighted by Crippen LogP contribution is -2.10. The van der Waals surface area contributed by atoms with Crippen molar-refractivity contribution >= 4 is 23.5 Å². The van der Waals surface area contributed by atoms with Crippen LogP contribution >= 0.6 is 0 Å². The Morgan fingerprint density at radius 3 is 2.70 bits per heavy atom. The zero-order valence-electron chi connectivity index (χ0n) is 10.5. The molecule has 0 aliphatic rings. The summed E-state index contributed by atoms with van der Waals surface area (Å²) in [6, 6.07) is 3.42. The van der Waals surface area contributed by atoms with Crippen LogP contribution in [0.25, 0.3) is 0 Å². The third kappa shape index (κ3) is 3.51. The van der Waals surface area contributed by atoms with E-state index in [1.54, 1.807) is 12.1 Å². The van der Waals surface area contributed by atoms with Crippen LogP contribution in [0.4, 0.5) is 16.3 Å². The standard InChI is InChI=1S/C11H12N6O3/c1-6(18)13-8-3-2-7(12-5-8)4-9-10(14-11(19)20)16-17-15-9/h2-3,5H,4H2,1H3,(H,13,18)(H,19,20)(H2,14,15,16,17). The molecule has 0 aromatic carbocycles. The molecule has 0 fully saturated rings. The van der Waals surface area contributed by atoms with Gasteiger partial charge in [0, 0.05) is 19.0 Å². The number of amides is 2. The summed E-state index contributed by atoms with van der Waals surface area (Å²) in [6.45, 7) is 1.41. The number of hydrogen-bond donors (Lipinski definition) is 4. The Kier molecular flexibility index (Phi) is 3.89. The number of pyridine rings is 1. The summed E-state index contributed by atoms with van der Waals surface area (Å²) in [5, 5.41) is 23.3. The van der Waals surface area contributed by atoms with E-state index >= 15 is 0 Å². The number of aromatic nitrogens is 4. The predicted octanol–water partition coefficient (Wildman–Crippen LogP) is 0.839.